The highest BCUT2D eigenvalue weighted by molar-refractivity contribution is 5.72. The molecule has 0 aromatic heterocycles. The zero-order chi connectivity index (χ0) is 8.10. The van der Waals surface area contributed by atoms with E-state index in [1.165, 1.54) is 0 Å². The molecule has 0 saturated carbocycles. The van der Waals surface area contributed by atoms with Gasteiger partial charge in [-0.2, -0.15) is 0 Å². The second-order valence-electron chi connectivity index (χ2n) is 1.96. The monoisotopic (exact) mass is 150 g/mol. The van der Waals surface area contributed by atoms with Crippen LogP contribution in [-0.2, 0) is 4.79 Å². The summed E-state index contributed by atoms with van der Waals surface area (Å²) in [5.74, 6) is 0.713. The molecular formula is C8H8NO2. The molecule has 0 aliphatic carbocycles. The molecule has 11 heavy (non-hydrogen) atoms. The first kappa shape index (κ1) is 7.60. The van der Waals surface area contributed by atoms with Crippen LogP contribution in [0.4, 0.5) is 5.69 Å². The molecule has 3 heteroatoms. The van der Waals surface area contributed by atoms with Gasteiger partial charge in [0, 0.05) is 11.8 Å². The van der Waals surface area contributed by atoms with Crippen molar-refractivity contribution in [2.45, 2.75) is 0 Å². The number of carbonyl (C=O) groups excluding carboxylic acids is 1. The van der Waals surface area contributed by atoms with E-state index in [-0.39, 0.29) is 0 Å². The highest BCUT2D eigenvalue weighted by Gasteiger charge is 1.92. The molecule has 0 aliphatic heterocycles. The molecule has 0 spiro atoms. The number of anilines is 1. The van der Waals surface area contributed by atoms with Gasteiger partial charge in [-0.25, -0.2) is 0 Å². The average Bonchev–Trinajstić information content (AvgIpc) is 2.06. The van der Waals surface area contributed by atoms with E-state index < -0.39 is 0 Å². The predicted octanol–water partition coefficient (Wildman–Crippen LogP) is 1.17. The molecule has 1 N–H and O–H groups in total. The Kier molecular flexibility index (Phi) is 2.49. The summed E-state index contributed by atoms with van der Waals surface area (Å²) in [7, 11) is 1.57. The van der Waals surface area contributed by atoms with Gasteiger partial charge in [-0.05, 0) is 12.1 Å². The highest BCUT2D eigenvalue weighted by atomic mass is 16.5. The third-order valence-corrected chi connectivity index (χ3v) is 1.27. The Morgan fingerprint density at radius 3 is 3.00 bits per heavy atom. The number of rotatable bonds is 3. The molecule has 0 saturated heterocycles. The molecule has 1 rings (SSSR count). The minimum atomic E-state index is 0.680. The Labute approximate surface area is 65.0 Å². The Morgan fingerprint density at radius 1 is 1.55 bits per heavy atom. The van der Waals surface area contributed by atoms with E-state index >= 15 is 0 Å². The third-order valence-electron chi connectivity index (χ3n) is 1.27. The van der Waals surface area contributed by atoms with Crippen molar-refractivity contribution < 1.29 is 9.53 Å². The minimum absolute atomic E-state index is 0.680. The van der Waals surface area contributed by atoms with Crippen LogP contribution in [-0.4, -0.2) is 13.5 Å². The maximum Gasteiger partial charge on any atom is 0.314 e. The SMILES string of the molecule is COc1cccc(N[C]=O)c1. The number of hydrogen-bond acceptors (Lipinski definition) is 2. The van der Waals surface area contributed by atoms with Crippen LogP contribution in [0.25, 0.3) is 0 Å². The molecule has 57 valence electrons. The van der Waals surface area contributed by atoms with Crippen molar-refractivity contribution in [3.8, 4) is 5.75 Å². The lowest BCUT2D eigenvalue weighted by atomic mass is 10.3. The number of methoxy groups -OCH3 is 1. The second-order valence-corrected chi connectivity index (χ2v) is 1.96. The highest BCUT2D eigenvalue weighted by Crippen LogP contribution is 2.15. The van der Waals surface area contributed by atoms with Crippen molar-refractivity contribution in [3.05, 3.63) is 24.3 Å². The smallest absolute Gasteiger partial charge is 0.314 e. The van der Waals surface area contributed by atoms with Crippen molar-refractivity contribution in [1.29, 1.82) is 0 Å². The topological polar surface area (TPSA) is 38.3 Å². The van der Waals surface area contributed by atoms with Gasteiger partial charge in [-0.3, -0.25) is 4.79 Å². The molecule has 1 aromatic carbocycles. The fourth-order valence-electron chi connectivity index (χ4n) is 0.760. The fourth-order valence-corrected chi connectivity index (χ4v) is 0.760. The van der Waals surface area contributed by atoms with Crippen LogP contribution < -0.4 is 10.1 Å². The van der Waals surface area contributed by atoms with Crippen molar-refractivity contribution in [2.75, 3.05) is 12.4 Å². The molecule has 0 atom stereocenters. The molecule has 0 bridgehead atoms. The normalized spacial score (nSPS) is 8.82. The van der Waals surface area contributed by atoms with E-state index in [0.29, 0.717) is 11.4 Å². The van der Waals surface area contributed by atoms with Gasteiger partial charge >= 0.3 is 6.41 Å². The number of ether oxygens (including phenoxy) is 1. The van der Waals surface area contributed by atoms with Gasteiger partial charge in [0.1, 0.15) is 5.75 Å². The van der Waals surface area contributed by atoms with E-state index in [0.717, 1.165) is 0 Å². The van der Waals surface area contributed by atoms with Crippen LogP contribution in [0.15, 0.2) is 24.3 Å². The second kappa shape index (κ2) is 3.61. The van der Waals surface area contributed by atoms with Gasteiger partial charge in [-0.1, -0.05) is 6.07 Å². The van der Waals surface area contributed by atoms with E-state index in [1.807, 2.05) is 0 Å². The van der Waals surface area contributed by atoms with E-state index in [9.17, 15) is 4.79 Å². The standard InChI is InChI=1S/C8H8NO2/c1-11-8-4-2-3-7(5-8)9-6-10/h2-5H,1H3,(H,9,10). The molecular weight excluding hydrogens is 142 g/mol. The maximum atomic E-state index is 9.90. The first-order valence-corrected chi connectivity index (χ1v) is 3.14. The molecule has 1 amide bonds. The Morgan fingerprint density at radius 2 is 2.36 bits per heavy atom. The summed E-state index contributed by atoms with van der Waals surface area (Å²) in [4.78, 5) is 9.90. The summed E-state index contributed by atoms with van der Waals surface area (Å²) in [6.45, 7) is 0. The van der Waals surface area contributed by atoms with Crippen LogP contribution in [0.3, 0.4) is 0 Å². The van der Waals surface area contributed by atoms with E-state index in [1.54, 1.807) is 37.8 Å². The zero-order valence-electron chi connectivity index (χ0n) is 6.13. The van der Waals surface area contributed by atoms with Gasteiger partial charge in [0.25, 0.3) is 0 Å². The quantitative estimate of drug-likeness (QED) is 0.657. The third kappa shape index (κ3) is 1.97. The lowest BCUT2D eigenvalue weighted by Gasteiger charge is -2.00. The number of amides is 1. The minimum Gasteiger partial charge on any atom is -0.497 e. The van der Waals surface area contributed by atoms with Crippen LogP contribution in [0.2, 0.25) is 0 Å². The van der Waals surface area contributed by atoms with Crippen LogP contribution in [0.5, 0.6) is 5.75 Å². The number of hydrogen-bond donors (Lipinski definition) is 1. The lowest BCUT2D eigenvalue weighted by Crippen LogP contribution is -1.93. The van der Waals surface area contributed by atoms with Gasteiger partial charge in [0.05, 0.1) is 7.11 Å². The Balaban J connectivity index is 2.82. The van der Waals surface area contributed by atoms with E-state index in [4.69, 9.17) is 4.74 Å². The zero-order valence-corrected chi connectivity index (χ0v) is 6.13. The molecule has 3 nitrogen and oxygen atoms in total. The molecule has 0 aliphatic rings. The summed E-state index contributed by atoms with van der Waals surface area (Å²) in [5, 5.41) is 2.40. The summed E-state index contributed by atoms with van der Waals surface area (Å²) in [6.07, 6.45) is 1.58. The molecule has 0 heterocycles. The largest absolute Gasteiger partial charge is 0.497 e. The number of benzene rings is 1. The molecule has 0 fully saturated rings. The summed E-state index contributed by atoms with van der Waals surface area (Å²) < 4.78 is 4.93. The number of nitrogens with one attached hydrogen (secondary N) is 1. The van der Waals surface area contributed by atoms with Gasteiger partial charge in [-0.15, -0.1) is 0 Å². The van der Waals surface area contributed by atoms with Gasteiger partial charge in [0.15, 0.2) is 0 Å². The lowest BCUT2D eigenvalue weighted by molar-refractivity contribution is 0.415. The van der Waals surface area contributed by atoms with Crippen molar-refractivity contribution in [3.63, 3.8) is 0 Å². The van der Waals surface area contributed by atoms with Gasteiger partial charge < -0.3 is 10.1 Å². The summed E-state index contributed by atoms with van der Waals surface area (Å²) in [6, 6.07) is 7.06. The summed E-state index contributed by atoms with van der Waals surface area (Å²) >= 11 is 0. The Hall–Kier alpha value is -1.51. The van der Waals surface area contributed by atoms with Crippen molar-refractivity contribution >= 4 is 12.1 Å². The van der Waals surface area contributed by atoms with Crippen molar-refractivity contribution in [1.82, 2.24) is 0 Å². The first-order valence-electron chi connectivity index (χ1n) is 3.14. The average molecular weight is 150 g/mol. The first-order chi connectivity index (χ1) is 5.36. The van der Waals surface area contributed by atoms with Crippen LogP contribution >= 0.6 is 0 Å². The fraction of sp³-hybridized carbons (Fsp3) is 0.125. The molecule has 1 aromatic rings. The van der Waals surface area contributed by atoms with Crippen LogP contribution in [0.1, 0.15) is 0 Å². The molecule has 0 unspecified atom stereocenters. The van der Waals surface area contributed by atoms with E-state index in [2.05, 4.69) is 5.32 Å². The maximum absolute atomic E-state index is 9.90. The summed E-state index contributed by atoms with van der Waals surface area (Å²) in [5.41, 5.74) is 0.680. The Bertz CT molecular complexity index is 248. The predicted molar refractivity (Wildman–Crippen MR) is 42.3 cm³/mol. The molecule has 1 radical (unpaired) electrons. The van der Waals surface area contributed by atoms with Crippen molar-refractivity contribution in [2.24, 2.45) is 0 Å². The van der Waals surface area contributed by atoms with Crippen LogP contribution in [0, 0.1) is 0 Å². The van der Waals surface area contributed by atoms with Gasteiger partial charge in [0.2, 0.25) is 0 Å².